The van der Waals surface area contributed by atoms with Gasteiger partial charge in [-0.25, -0.2) is 0 Å². The van der Waals surface area contributed by atoms with Gasteiger partial charge in [-0.1, -0.05) is 174 Å². The summed E-state index contributed by atoms with van der Waals surface area (Å²) in [7, 11) is 0. The first-order valence-electron chi connectivity index (χ1n) is 22.8. The van der Waals surface area contributed by atoms with Crippen LogP contribution in [0.1, 0.15) is 149 Å². The van der Waals surface area contributed by atoms with E-state index in [1.807, 2.05) is 48.5 Å². The molecule has 4 aromatic carbocycles. The minimum atomic E-state index is -0.958. The minimum absolute atomic E-state index is 0.0297. The second-order valence-electron chi connectivity index (χ2n) is 16.3. The van der Waals surface area contributed by atoms with Crippen LogP contribution in [0.4, 0.5) is 0 Å². The number of rotatable bonds is 32. The summed E-state index contributed by atoms with van der Waals surface area (Å²) in [6.45, 7) is 0.493. The average molecular weight is 920 g/mol. The molecule has 0 atom stereocenters. The highest BCUT2D eigenvalue weighted by Crippen LogP contribution is 2.43. The van der Waals surface area contributed by atoms with Gasteiger partial charge in [-0.2, -0.15) is 0 Å². The van der Waals surface area contributed by atoms with Crippen molar-refractivity contribution in [1.82, 2.24) is 10.6 Å². The highest BCUT2D eigenvalue weighted by Gasteiger charge is 2.39. The molecule has 0 bridgehead atoms. The Balaban J connectivity index is 0.973. The van der Waals surface area contributed by atoms with Crippen LogP contribution in [0.15, 0.2) is 97.1 Å². The molecule has 2 amide bonds. The van der Waals surface area contributed by atoms with Crippen molar-refractivity contribution in [3.8, 4) is 5.75 Å². The molecule has 4 aromatic rings. The molecule has 2 N–H and O–H groups in total. The Bertz CT molecular complexity index is 1810. The number of aldehydes is 1. The maximum Gasteiger partial charge on any atom is 0.325 e. The molecule has 0 heterocycles. The number of halogens is 3. The van der Waals surface area contributed by atoms with Crippen LogP contribution >= 0.6 is 34.8 Å². The third-order valence-electron chi connectivity index (χ3n) is 11.4. The molecular formula is C52H65Cl3N2O6. The van der Waals surface area contributed by atoms with Gasteiger partial charge < -0.3 is 20.1 Å². The number of carbonyl (C=O) groups is 4. The van der Waals surface area contributed by atoms with Crippen LogP contribution in [-0.4, -0.2) is 50.4 Å². The number of hydrogen-bond donors (Lipinski definition) is 2. The smallest absolute Gasteiger partial charge is 0.325 e. The molecule has 0 aromatic heterocycles. The van der Waals surface area contributed by atoms with Crippen LogP contribution in [0.25, 0.3) is 0 Å². The molecule has 340 valence electrons. The Morgan fingerprint density at radius 1 is 0.460 bits per heavy atom. The van der Waals surface area contributed by atoms with Gasteiger partial charge in [0.05, 0.1) is 25.2 Å². The quantitative estimate of drug-likeness (QED) is 0.0218. The van der Waals surface area contributed by atoms with E-state index in [1.165, 1.54) is 89.9 Å². The zero-order chi connectivity index (χ0) is 45.0. The number of ether oxygens (including phenoxy) is 2. The van der Waals surface area contributed by atoms with Crippen molar-refractivity contribution in [3.63, 3.8) is 0 Å². The van der Waals surface area contributed by atoms with Gasteiger partial charge in [0.1, 0.15) is 18.6 Å². The Kier molecular flexibility index (Phi) is 24.3. The van der Waals surface area contributed by atoms with Gasteiger partial charge in [0.15, 0.2) is 0 Å². The molecule has 0 aliphatic carbocycles. The Morgan fingerprint density at radius 2 is 0.825 bits per heavy atom. The Labute approximate surface area is 390 Å². The van der Waals surface area contributed by atoms with Crippen LogP contribution in [0.3, 0.4) is 0 Å². The standard InChI is InChI=1S/C52H65Cl3N2O6/c53-45-27-21-42(22-28-45)52(43-23-29-46(54)30-24-43,44-25-31-47(55)32-26-44)37-49(59)56-38-50(60)57-39-51(61)63-36-18-16-14-12-10-8-6-4-2-1-3-5-7-9-11-13-15-17-35-62-48-33-19-41(40-58)20-34-48/h19-34,40H,1-18,35-39H2,(H,56,59)(H,57,60). The van der Waals surface area contributed by atoms with Crippen LogP contribution in [0.2, 0.25) is 15.1 Å². The second-order valence-corrected chi connectivity index (χ2v) is 17.6. The fourth-order valence-electron chi connectivity index (χ4n) is 7.83. The number of carbonyl (C=O) groups excluding carboxylic acids is 4. The van der Waals surface area contributed by atoms with Gasteiger partial charge in [0.25, 0.3) is 0 Å². The molecule has 0 radical (unpaired) electrons. The number of nitrogens with one attached hydrogen (secondary N) is 2. The number of unbranched alkanes of at least 4 members (excludes halogenated alkanes) is 17. The Hall–Kier alpha value is -4.37. The monoisotopic (exact) mass is 918 g/mol. The van der Waals surface area contributed by atoms with Gasteiger partial charge in [0, 0.05) is 27.1 Å². The molecule has 4 rings (SSSR count). The van der Waals surface area contributed by atoms with E-state index in [9.17, 15) is 19.2 Å². The maximum absolute atomic E-state index is 13.6. The van der Waals surface area contributed by atoms with E-state index >= 15 is 0 Å². The molecule has 0 saturated heterocycles. The molecule has 0 unspecified atom stereocenters. The summed E-state index contributed by atoms with van der Waals surface area (Å²) in [5.41, 5.74) is 2.18. The molecule has 0 aliphatic heterocycles. The summed E-state index contributed by atoms with van der Waals surface area (Å²) in [6, 6.07) is 29.2. The first-order valence-corrected chi connectivity index (χ1v) is 24.0. The lowest BCUT2D eigenvalue weighted by atomic mass is 9.67. The van der Waals surface area contributed by atoms with Crippen molar-refractivity contribution >= 4 is 58.9 Å². The molecule has 8 nitrogen and oxygen atoms in total. The lowest BCUT2D eigenvalue weighted by Gasteiger charge is -2.35. The van der Waals surface area contributed by atoms with E-state index in [0.717, 1.165) is 61.0 Å². The molecule has 0 fully saturated rings. The van der Waals surface area contributed by atoms with E-state index in [2.05, 4.69) is 10.6 Å². The molecule has 0 saturated carbocycles. The lowest BCUT2D eigenvalue weighted by molar-refractivity contribution is -0.144. The summed E-state index contributed by atoms with van der Waals surface area (Å²) in [6.07, 6.45) is 22.9. The predicted molar refractivity (Wildman–Crippen MR) is 256 cm³/mol. The molecular weight excluding hydrogens is 855 g/mol. The zero-order valence-corrected chi connectivity index (χ0v) is 38.9. The van der Waals surface area contributed by atoms with Crippen LogP contribution < -0.4 is 15.4 Å². The fourth-order valence-corrected chi connectivity index (χ4v) is 8.21. The van der Waals surface area contributed by atoms with Crippen molar-refractivity contribution in [2.45, 2.75) is 127 Å². The van der Waals surface area contributed by atoms with Gasteiger partial charge in [-0.3, -0.25) is 19.2 Å². The van der Waals surface area contributed by atoms with E-state index in [0.29, 0.717) is 27.2 Å². The van der Waals surface area contributed by atoms with E-state index in [1.54, 1.807) is 48.5 Å². The molecule has 11 heteroatoms. The van der Waals surface area contributed by atoms with E-state index < -0.39 is 17.3 Å². The van der Waals surface area contributed by atoms with Gasteiger partial charge in [-0.05, 0) is 90.2 Å². The van der Waals surface area contributed by atoms with Crippen molar-refractivity contribution in [3.05, 3.63) is 134 Å². The average Bonchev–Trinajstić information content (AvgIpc) is 3.29. The van der Waals surface area contributed by atoms with Gasteiger partial charge in [-0.15, -0.1) is 0 Å². The second kappa shape index (κ2) is 29.9. The molecule has 63 heavy (non-hydrogen) atoms. The van der Waals surface area contributed by atoms with Crippen LogP contribution in [-0.2, 0) is 24.5 Å². The molecule has 0 aliphatic rings. The van der Waals surface area contributed by atoms with Crippen LogP contribution in [0, 0.1) is 0 Å². The highest BCUT2D eigenvalue weighted by atomic mass is 35.5. The molecule has 0 spiro atoms. The van der Waals surface area contributed by atoms with Gasteiger partial charge >= 0.3 is 5.97 Å². The highest BCUT2D eigenvalue weighted by molar-refractivity contribution is 6.31. The number of benzene rings is 4. The zero-order valence-electron chi connectivity index (χ0n) is 36.7. The normalized spacial score (nSPS) is 11.2. The van der Waals surface area contributed by atoms with Crippen molar-refractivity contribution in [2.24, 2.45) is 0 Å². The SMILES string of the molecule is O=Cc1ccc(OCCCCCCCCCCCCCCCCCCCCOC(=O)CNC(=O)CNC(=O)CC(c2ccc(Cl)cc2)(c2ccc(Cl)cc2)c2ccc(Cl)cc2)cc1. The third-order valence-corrected chi connectivity index (χ3v) is 12.2. The van der Waals surface area contributed by atoms with Gasteiger partial charge in [0.2, 0.25) is 11.8 Å². The lowest BCUT2D eigenvalue weighted by Crippen LogP contribution is -2.42. The number of hydrogen-bond acceptors (Lipinski definition) is 6. The van der Waals surface area contributed by atoms with E-state index in [-0.39, 0.29) is 25.4 Å². The minimum Gasteiger partial charge on any atom is -0.494 e. The van der Waals surface area contributed by atoms with Crippen LogP contribution in [0.5, 0.6) is 5.75 Å². The summed E-state index contributed by atoms with van der Waals surface area (Å²) in [5.74, 6) is -0.532. The Morgan fingerprint density at radius 3 is 1.22 bits per heavy atom. The largest absolute Gasteiger partial charge is 0.494 e. The topological polar surface area (TPSA) is 111 Å². The summed E-state index contributed by atoms with van der Waals surface area (Å²) in [5, 5.41) is 6.96. The van der Waals surface area contributed by atoms with Crippen molar-refractivity contribution < 1.29 is 28.7 Å². The summed E-state index contributed by atoms with van der Waals surface area (Å²) >= 11 is 18.8. The van der Waals surface area contributed by atoms with E-state index in [4.69, 9.17) is 44.3 Å². The summed E-state index contributed by atoms with van der Waals surface area (Å²) < 4.78 is 11.1. The fraction of sp³-hybridized carbons (Fsp3) is 0.462. The first-order chi connectivity index (χ1) is 30.7. The van der Waals surface area contributed by atoms with Crippen molar-refractivity contribution in [2.75, 3.05) is 26.3 Å². The first kappa shape index (κ1) is 51.3. The number of esters is 1. The predicted octanol–water partition coefficient (Wildman–Crippen LogP) is 13.1. The third kappa shape index (κ3) is 19.5. The maximum atomic E-state index is 13.6. The van der Waals surface area contributed by atoms with Crippen molar-refractivity contribution in [1.29, 1.82) is 0 Å². The summed E-state index contributed by atoms with van der Waals surface area (Å²) in [4.78, 5) is 49.3. The number of amides is 2.